The van der Waals surface area contributed by atoms with Crippen molar-refractivity contribution in [2.45, 2.75) is 88.8 Å². The summed E-state index contributed by atoms with van der Waals surface area (Å²) in [6, 6.07) is 8.86. The lowest BCUT2D eigenvalue weighted by Crippen LogP contribution is -2.48. The Bertz CT molecular complexity index is 686. The molecule has 31 heavy (non-hydrogen) atoms. The zero-order valence-corrected chi connectivity index (χ0v) is 19.4. The number of hydrogen-bond donors (Lipinski definition) is 1. The maximum atomic E-state index is 12.8. The van der Waals surface area contributed by atoms with Gasteiger partial charge in [-0.05, 0) is 76.9 Å². The average molecular weight is 428 g/mol. The maximum Gasteiger partial charge on any atom is 0.251 e. The first-order chi connectivity index (χ1) is 15.2. The molecule has 1 aliphatic carbocycles. The monoisotopic (exact) mass is 427 g/mol. The van der Waals surface area contributed by atoms with Gasteiger partial charge in [-0.15, -0.1) is 0 Å². The number of ether oxygens (including phenoxy) is 1. The van der Waals surface area contributed by atoms with Crippen molar-refractivity contribution in [2.24, 2.45) is 0 Å². The van der Waals surface area contributed by atoms with Crippen molar-refractivity contribution in [3.05, 3.63) is 29.8 Å². The van der Waals surface area contributed by atoms with Gasteiger partial charge >= 0.3 is 0 Å². The van der Waals surface area contributed by atoms with E-state index in [2.05, 4.69) is 22.2 Å². The molecule has 2 saturated heterocycles. The SMILES string of the molecule is CN1CCC(N2CCC(Oc3cccc(C(=O)NC4CCCCCCC4)c3)CC2)CC1. The summed E-state index contributed by atoms with van der Waals surface area (Å²) in [5, 5.41) is 3.27. The summed E-state index contributed by atoms with van der Waals surface area (Å²) in [7, 11) is 2.22. The Hall–Kier alpha value is -1.59. The fourth-order valence-corrected chi connectivity index (χ4v) is 5.49. The topological polar surface area (TPSA) is 44.8 Å². The molecular formula is C26H41N3O2. The van der Waals surface area contributed by atoms with E-state index in [0.717, 1.165) is 56.1 Å². The highest BCUT2D eigenvalue weighted by Gasteiger charge is 2.28. The molecule has 2 aliphatic heterocycles. The third kappa shape index (κ3) is 6.69. The van der Waals surface area contributed by atoms with Gasteiger partial charge < -0.3 is 19.9 Å². The van der Waals surface area contributed by atoms with E-state index in [4.69, 9.17) is 4.74 Å². The van der Waals surface area contributed by atoms with Gasteiger partial charge in [-0.1, -0.05) is 38.2 Å². The molecule has 0 unspecified atom stereocenters. The van der Waals surface area contributed by atoms with Crippen molar-refractivity contribution in [1.29, 1.82) is 0 Å². The highest BCUT2D eigenvalue weighted by molar-refractivity contribution is 5.94. The molecule has 4 rings (SSSR count). The first kappa shape index (κ1) is 22.6. The molecular weight excluding hydrogens is 386 g/mol. The Morgan fingerprint density at radius 3 is 2.29 bits per heavy atom. The van der Waals surface area contributed by atoms with E-state index in [1.807, 2.05) is 24.3 Å². The van der Waals surface area contributed by atoms with Crippen molar-refractivity contribution in [2.75, 3.05) is 33.2 Å². The minimum atomic E-state index is 0.0492. The van der Waals surface area contributed by atoms with Gasteiger partial charge in [-0.25, -0.2) is 0 Å². The van der Waals surface area contributed by atoms with Crippen LogP contribution in [0, 0.1) is 0 Å². The van der Waals surface area contributed by atoms with Crippen molar-refractivity contribution in [1.82, 2.24) is 15.1 Å². The van der Waals surface area contributed by atoms with Crippen LogP contribution in [0.15, 0.2) is 24.3 Å². The minimum absolute atomic E-state index is 0.0492. The Kier molecular flexibility index (Phi) is 8.26. The van der Waals surface area contributed by atoms with Gasteiger partial charge in [0.2, 0.25) is 0 Å². The normalized spacial score (nSPS) is 23.8. The third-order valence-electron chi connectivity index (χ3n) is 7.52. The Morgan fingerprint density at radius 2 is 1.58 bits per heavy atom. The molecule has 1 aromatic carbocycles. The van der Waals surface area contributed by atoms with Gasteiger partial charge in [0.25, 0.3) is 5.91 Å². The summed E-state index contributed by atoms with van der Waals surface area (Å²) in [6.45, 7) is 4.69. The molecule has 1 saturated carbocycles. The van der Waals surface area contributed by atoms with Crippen molar-refractivity contribution >= 4 is 5.91 Å². The third-order valence-corrected chi connectivity index (χ3v) is 7.52. The smallest absolute Gasteiger partial charge is 0.251 e. The van der Waals surface area contributed by atoms with Crippen LogP contribution in [0.3, 0.4) is 0 Å². The van der Waals surface area contributed by atoms with Crippen LogP contribution in [0.25, 0.3) is 0 Å². The molecule has 1 aromatic rings. The second-order valence-corrected chi connectivity index (χ2v) is 9.93. The Balaban J connectivity index is 1.25. The molecule has 1 amide bonds. The van der Waals surface area contributed by atoms with Crippen LogP contribution < -0.4 is 10.1 Å². The fraction of sp³-hybridized carbons (Fsp3) is 0.731. The molecule has 5 heteroatoms. The lowest BCUT2D eigenvalue weighted by molar-refractivity contribution is 0.0525. The van der Waals surface area contributed by atoms with Gasteiger partial charge in [0.15, 0.2) is 0 Å². The molecule has 3 aliphatic rings. The number of carbonyl (C=O) groups is 1. The van der Waals surface area contributed by atoms with Crippen molar-refractivity contribution < 1.29 is 9.53 Å². The molecule has 1 N–H and O–H groups in total. The van der Waals surface area contributed by atoms with E-state index in [0.29, 0.717) is 6.04 Å². The molecule has 3 fully saturated rings. The second-order valence-electron chi connectivity index (χ2n) is 9.93. The van der Waals surface area contributed by atoms with E-state index < -0.39 is 0 Å². The van der Waals surface area contributed by atoms with Crippen LogP contribution in [0.5, 0.6) is 5.75 Å². The molecule has 0 atom stereocenters. The number of nitrogens with one attached hydrogen (secondary N) is 1. The zero-order chi connectivity index (χ0) is 21.5. The number of piperidine rings is 2. The predicted molar refractivity (Wildman–Crippen MR) is 126 cm³/mol. The van der Waals surface area contributed by atoms with Crippen molar-refractivity contribution in [3.63, 3.8) is 0 Å². The first-order valence-electron chi connectivity index (χ1n) is 12.7. The van der Waals surface area contributed by atoms with E-state index in [1.165, 1.54) is 58.0 Å². The number of amides is 1. The van der Waals surface area contributed by atoms with Gasteiger partial charge in [0.05, 0.1) is 0 Å². The van der Waals surface area contributed by atoms with Crippen LogP contribution in [0.2, 0.25) is 0 Å². The highest BCUT2D eigenvalue weighted by Crippen LogP contribution is 2.24. The summed E-state index contributed by atoms with van der Waals surface area (Å²) >= 11 is 0. The lowest BCUT2D eigenvalue weighted by Gasteiger charge is -2.41. The maximum absolute atomic E-state index is 12.8. The number of hydrogen-bond acceptors (Lipinski definition) is 4. The zero-order valence-electron chi connectivity index (χ0n) is 19.4. The standard InChI is InChI=1S/C26H41N3O2/c1-28-16-12-23(13-17-28)29-18-14-24(15-19-29)31-25-11-7-8-21(20-25)26(30)27-22-9-5-3-2-4-6-10-22/h7-8,11,20,22-24H,2-6,9-10,12-19H2,1H3,(H,27,30). The van der Waals surface area contributed by atoms with E-state index >= 15 is 0 Å². The van der Waals surface area contributed by atoms with E-state index in [-0.39, 0.29) is 12.0 Å². The molecule has 172 valence electrons. The average Bonchev–Trinajstić information content (AvgIpc) is 2.77. The summed E-state index contributed by atoms with van der Waals surface area (Å²) in [4.78, 5) is 17.9. The number of nitrogens with zero attached hydrogens (tertiary/aromatic N) is 2. The summed E-state index contributed by atoms with van der Waals surface area (Å²) in [5.74, 6) is 0.885. The second kappa shape index (κ2) is 11.3. The number of carbonyl (C=O) groups excluding carboxylic acids is 1. The Morgan fingerprint density at radius 1 is 0.903 bits per heavy atom. The van der Waals surface area contributed by atoms with Crippen molar-refractivity contribution in [3.8, 4) is 5.75 Å². The van der Waals surface area contributed by atoms with Crippen LogP contribution in [-0.4, -0.2) is 67.1 Å². The van der Waals surface area contributed by atoms with Gasteiger partial charge in [-0.3, -0.25) is 4.79 Å². The molecule has 0 bridgehead atoms. The molecule has 0 aromatic heterocycles. The molecule has 5 nitrogen and oxygen atoms in total. The fourth-order valence-electron chi connectivity index (χ4n) is 5.49. The quantitative estimate of drug-likeness (QED) is 0.753. The van der Waals surface area contributed by atoms with Crippen LogP contribution in [0.1, 0.15) is 81.0 Å². The predicted octanol–water partition coefficient (Wildman–Crippen LogP) is 4.47. The van der Waals surface area contributed by atoms with E-state index in [9.17, 15) is 4.79 Å². The van der Waals surface area contributed by atoms with Gasteiger partial charge in [0, 0.05) is 30.7 Å². The highest BCUT2D eigenvalue weighted by atomic mass is 16.5. The van der Waals surface area contributed by atoms with Gasteiger partial charge in [-0.2, -0.15) is 0 Å². The summed E-state index contributed by atoms with van der Waals surface area (Å²) in [5.41, 5.74) is 0.725. The van der Waals surface area contributed by atoms with Crippen LogP contribution in [0.4, 0.5) is 0 Å². The van der Waals surface area contributed by atoms with E-state index in [1.54, 1.807) is 0 Å². The molecule has 0 radical (unpaired) electrons. The summed E-state index contributed by atoms with van der Waals surface area (Å²) in [6.07, 6.45) is 13.6. The number of rotatable bonds is 5. The molecule has 0 spiro atoms. The molecule has 2 heterocycles. The van der Waals surface area contributed by atoms with Crippen LogP contribution >= 0.6 is 0 Å². The Labute approximate surface area is 188 Å². The first-order valence-corrected chi connectivity index (χ1v) is 12.7. The number of likely N-dealkylation sites (tertiary alicyclic amines) is 2. The number of benzene rings is 1. The van der Waals surface area contributed by atoms with Crippen LogP contribution in [-0.2, 0) is 0 Å². The minimum Gasteiger partial charge on any atom is -0.490 e. The largest absolute Gasteiger partial charge is 0.490 e. The summed E-state index contributed by atoms with van der Waals surface area (Å²) < 4.78 is 6.31. The van der Waals surface area contributed by atoms with Gasteiger partial charge in [0.1, 0.15) is 11.9 Å². The lowest BCUT2D eigenvalue weighted by atomic mass is 9.96.